The lowest BCUT2D eigenvalue weighted by atomic mass is 9.93. The first-order chi connectivity index (χ1) is 14.1. The summed E-state index contributed by atoms with van der Waals surface area (Å²) >= 11 is 0. The number of nitrogens with zero attached hydrogens (tertiary/aromatic N) is 1. The van der Waals surface area contributed by atoms with Gasteiger partial charge in [0.25, 0.3) is 5.91 Å². The van der Waals surface area contributed by atoms with Crippen LogP contribution in [0.3, 0.4) is 0 Å². The van der Waals surface area contributed by atoms with Crippen LogP contribution in [0.4, 0.5) is 4.39 Å². The molecule has 2 aromatic carbocycles. The fourth-order valence-corrected chi connectivity index (χ4v) is 3.70. The average Bonchev–Trinajstić information content (AvgIpc) is 2.77. The normalized spacial score (nSPS) is 14.3. The predicted molar refractivity (Wildman–Crippen MR) is 107 cm³/mol. The molecular formula is C23H26FNO4. The Morgan fingerprint density at radius 2 is 1.72 bits per heavy atom. The highest BCUT2D eigenvalue weighted by Crippen LogP contribution is 2.25. The van der Waals surface area contributed by atoms with E-state index in [1.807, 2.05) is 0 Å². The molecule has 0 unspecified atom stereocenters. The number of carbonyl (C=O) groups is 2. The largest absolute Gasteiger partial charge is 0.496 e. The van der Waals surface area contributed by atoms with Crippen molar-refractivity contribution in [1.29, 1.82) is 0 Å². The Bertz CT molecular complexity index is 831. The van der Waals surface area contributed by atoms with Crippen LogP contribution in [-0.4, -0.2) is 36.5 Å². The second-order valence-corrected chi connectivity index (χ2v) is 7.22. The monoisotopic (exact) mass is 399 g/mol. The maximum atomic E-state index is 13.2. The van der Waals surface area contributed by atoms with Crippen LogP contribution >= 0.6 is 0 Å². The summed E-state index contributed by atoms with van der Waals surface area (Å²) < 4.78 is 23.7. The summed E-state index contributed by atoms with van der Waals surface area (Å²) in [6, 6.07) is 13.0. The minimum atomic E-state index is -0.596. The van der Waals surface area contributed by atoms with Crippen LogP contribution in [-0.2, 0) is 16.1 Å². The van der Waals surface area contributed by atoms with Crippen molar-refractivity contribution >= 4 is 11.9 Å². The van der Waals surface area contributed by atoms with Crippen molar-refractivity contribution in [3.63, 3.8) is 0 Å². The van der Waals surface area contributed by atoms with E-state index in [4.69, 9.17) is 9.47 Å². The third-order valence-corrected chi connectivity index (χ3v) is 5.26. The summed E-state index contributed by atoms with van der Waals surface area (Å²) in [6.45, 7) is 0.0323. The second kappa shape index (κ2) is 10.0. The van der Waals surface area contributed by atoms with Crippen molar-refractivity contribution in [2.24, 2.45) is 0 Å². The van der Waals surface area contributed by atoms with Gasteiger partial charge in [0.15, 0.2) is 6.61 Å². The Kier molecular flexibility index (Phi) is 7.22. The van der Waals surface area contributed by atoms with Gasteiger partial charge in [-0.15, -0.1) is 0 Å². The van der Waals surface area contributed by atoms with Crippen LogP contribution in [0.15, 0.2) is 48.5 Å². The smallest absolute Gasteiger partial charge is 0.342 e. The van der Waals surface area contributed by atoms with Crippen LogP contribution in [0.25, 0.3) is 0 Å². The van der Waals surface area contributed by atoms with Gasteiger partial charge in [-0.3, -0.25) is 4.79 Å². The molecular weight excluding hydrogens is 373 g/mol. The fourth-order valence-electron chi connectivity index (χ4n) is 3.70. The molecule has 0 aromatic heterocycles. The fraction of sp³-hybridized carbons (Fsp3) is 0.391. The molecule has 2 aromatic rings. The molecule has 1 aliphatic carbocycles. The number of esters is 1. The van der Waals surface area contributed by atoms with E-state index in [2.05, 4.69) is 0 Å². The number of hydrogen-bond donors (Lipinski definition) is 0. The third kappa shape index (κ3) is 5.56. The Hall–Kier alpha value is -2.89. The topological polar surface area (TPSA) is 55.8 Å². The van der Waals surface area contributed by atoms with Gasteiger partial charge < -0.3 is 14.4 Å². The lowest BCUT2D eigenvalue weighted by molar-refractivity contribution is -0.138. The van der Waals surface area contributed by atoms with Crippen LogP contribution in [0, 0.1) is 5.82 Å². The Balaban J connectivity index is 1.68. The first kappa shape index (κ1) is 20.8. The highest BCUT2D eigenvalue weighted by Gasteiger charge is 2.27. The molecule has 1 aliphatic rings. The minimum Gasteiger partial charge on any atom is -0.496 e. The van der Waals surface area contributed by atoms with E-state index in [1.54, 1.807) is 41.3 Å². The van der Waals surface area contributed by atoms with Crippen molar-refractivity contribution in [2.75, 3.05) is 13.7 Å². The maximum absolute atomic E-state index is 13.2. The number of methoxy groups -OCH3 is 1. The number of carbonyl (C=O) groups excluding carboxylic acids is 2. The van der Waals surface area contributed by atoms with Gasteiger partial charge >= 0.3 is 5.97 Å². The molecule has 0 N–H and O–H groups in total. The lowest BCUT2D eigenvalue weighted by Gasteiger charge is -2.34. The Labute approximate surface area is 170 Å². The molecule has 1 amide bonds. The zero-order valence-electron chi connectivity index (χ0n) is 16.6. The molecule has 1 saturated carbocycles. The van der Waals surface area contributed by atoms with Crippen molar-refractivity contribution in [2.45, 2.75) is 44.7 Å². The SMILES string of the molecule is COc1ccccc1C(=O)OCC(=O)N(Cc1ccc(F)cc1)C1CCCCC1. The molecule has 0 aliphatic heterocycles. The number of halogens is 1. The molecule has 3 rings (SSSR count). The first-order valence-corrected chi connectivity index (χ1v) is 9.92. The van der Waals surface area contributed by atoms with Gasteiger partial charge in [-0.05, 0) is 42.7 Å². The van der Waals surface area contributed by atoms with Crippen molar-refractivity contribution in [3.8, 4) is 5.75 Å². The highest BCUT2D eigenvalue weighted by molar-refractivity contribution is 5.94. The zero-order valence-corrected chi connectivity index (χ0v) is 16.6. The quantitative estimate of drug-likeness (QED) is 0.650. The number of amides is 1. The minimum absolute atomic E-state index is 0.103. The second-order valence-electron chi connectivity index (χ2n) is 7.22. The number of rotatable bonds is 7. The molecule has 0 bridgehead atoms. The summed E-state index contributed by atoms with van der Waals surface area (Å²) in [5.74, 6) is -0.749. The van der Waals surface area contributed by atoms with E-state index in [0.29, 0.717) is 12.3 Å². The van der Waals surface area contributed by atoms with Gasteiger partial charge in [0.2, 0.25) is 0 Å². The lowest BCUT2D eigenvalue weighted by Crippen LogP contribution is -2.43. The number of para-hydroxylation sites is 1. The van der Waals surface area contributed by atoms with E-state index in [0.717, 1.165) is 37.7 Å². The molecule has 0 saturated heterocycles. The number of benzene rings is 2. The summed E-state index contributed by atoms with van der Waals surface area (Å²) in [5.41, 5.74) is 1.13. The Morgan fingerprint density at radius 1 is 1.03 bits per heavy atom. The van der Waals surface area contributed by atoms with E-state index in [9.17, 15) is 14.0 Å². The van der Waals surface area contributed by atoms with Gasteiger partial charge in [-0.1, -0.05) is 43.5 Å². The molecule has 0 radical (unpaired) electrons. The zero-order chi connectivity index (χ0) is 20.6. The molecule has 0 spiro atoms. The number of hydrogen-bond acceptors (Lipinski definition) is 4. The van der Waals surface area contributed by atoms with Crippen molar-refractivity contribution < 1.29 is 23.5 Å². The van der Waals surface area contributed by atoms with E-state index in [-0.39, 0.29) is 29.9 Å². The van der Waals surface area contributed by atoms with E-state index in [1.165, 1.54) is 19.2 Å². The molecule has 0 heterocycles. The number of ether oxygens (including phenoxy) is 2. The predicted octanol–water partition coefficient (Wildman–Crippen LogP) is 4.35. The van der Waals surface area contributed by atoms with Gasteiger partial charge in [0.05, 0.1) is 7.11 Å². The van der Waals surface area contributed by atoms with Gasteiger partial charge in [0, 0.05) is 12.6 Å². The van der Waals surface area contributed by atoms with Crippen LogP contribution in [0.5, 0.6) is 5.75 Å². The Morgan fingerprint density at radius 3 is 2.41 bits per heavy atom. The van der Waals surface area contributed by atoms with Crippen LogP contribution in [0.1, 0.15) is 48.0 Å². The van der Waals surface area contributed by atoms with Gasteiger partial charge in [0.1, 0.15) is 17.1 Å². The molecule has 29 heavy (non-hydrogen) atoms. The molecule has 154 valence electrons. The summed E-state index contributed by atoms with van der Waals surface area (Å²) in [4.78, 5) is 27.1. The van der Waals surface area contributed by atoms with Gasteiger partial charge in [-0.25, -0.2) is 9.18 Å². The molecule has 5 nitrogen and oxygen atoms in total. The van der Waals surface area contributed by atoms with Crippen LogP contribution in [0.2, 0.25) is 0 Å². The average molecular weight is 399 g/mol. The molecule has 0 atom stereocenters. The first-order valence-electron chi connectivity index (χ1n) is 9.92. The molecule has 6 heteroatoms. The summed E-state index contributed by atoms with van der Waals surface area (Å²) in [6.07, 6.45) is 5.15. The maximum Gasteiger partial charge on any atom is 0.342 e. The highest BCUT2D eigenvalue weighted by atomic mass is 19.1. The van der Waals surface area contributed by atoms with Crippen molar-refractivity contribution in [3.05, 3.63) is 65.5 Å². The van der Waals surface area contributed by atoms with Crippen molar-refractivity contribution in [1.82, 2.24) is 4.90 Å². The van der Waals surface area contributed by atoms with E-state index < -0.39 is 5.97 Å². The third-order valence-electron chi connectivity index (χ3n) is 5.26. The van der Waals surface area contributed by atoms with Crippen LogP contribution < -0.4 is 4.74 Å². The summed E-state index contributed by atoms with van der Waals surface area (Å²) in [5, 5.41) is 0. The van der Waals surface area contributed by atoms with E-state index >= 15 is 0 Å². The standard InChI is InChI=1S/C23H26FNO4/c1-28-21-10-6-5-9-20(21)23(27)29-16-22(26)25(19-7-3-2-4-8-19)15-17-11-13-18(24)14-12-17/h5-6,9-14,19H,2-4,7-8,15-16H2,1H3. The molecule has 1 fully saturated rings. The van der Waals surface area contributed by atoms with Gasteiger partial charge in [-0.2, -0.15) is 0 Å². The summed E-state index contributed by atoms with van der Waals surface area (Å²) in [7, 11) is 1.48.